The van der Waals surface area contributed by atoms with E-state index in [-0.39, 0.29) is 11.6 Å². The molecule has 0 spiro atoms. The molecule has 4 heteroatoms. The lowest BCUT2D eigenvalue weighted by Gasteiger charge is -2.09. The molecule has 0 fully saturated rings. The van der Waals surface area contributed by atoms with Gasteiger partial charge >= 0.3 is 0 Å². The van der Waals surface area contributed by atoms with Crippen molar-refractivity contribution in [1.82, 2.24) is 0 Å². The average Bonchev–Trinajstić information content (AvgIpc) is 2.02. The number of rotatable bonds is 3. The monoisotopic (exact) mass is 204 g/mol. The first-order chi connectivity index (χ1) is 6.09. The van der Waals surface area contributed by atoms with Crippen molar-refractivity contribution in [2.24, 2.45) is 0 Å². The molecule has 0 aromatic heterocycles. The fraction of sp³-hybridized carbons (Fsp3) is 0.333. The Labute approximate surface area is 80.9 Å². The molecule has 0 amide bonds. The van der Waals surface area contributed by atoms with Crippen LogP contribution in [0.2, 0.25) is 5.02 Å². The molecule has 0 aliphatic carbocycles. The summed E-state index contributed by atoms with van der Waals surface area (Å²) in [5, 5.41) is 9.13. The van der Waals surface area contributed by atoms with Crippen molar-refractivity contribution in [2.75, 3.05) is 6.61 Å². The molecule has 2 nitrogen and oxygen atoms in total. The Morgan fingerprint density at radius 2 is 2.31 bits per heavy atom. The van der Waals surface area contributed by atoms with Gasteiger partial charge in [0.1, 0.15) is 18.2 Å². The van der Waals surface area contributed by atoms with Gasteiger partial charge in [0.25, 0.3) is 0 Å². The molecule has 1 atom stereocenters. The van der Waals surface area contributed by atoms with Crippen LogP contribution >= 0.6 is 11.6 Å². The van der Waals surface area contributed by atoms with Crippen molar-refractivity contribution in [2.45, 2.75) is 13.0 Å². The summed E-state index contributed by atoms with van der Waals surface area (Å²) in [5.74, 6) is -0.0293. The summed E-state index contributed by atoms with van der Waals surface area (Å²) in [6, 6.07) is 3.85. The number of aliphatic hydroxyl groups is 1. The Morgan fingerprint density at radius 1 is 1.62 bits per heavy atom. The topological polar surface area (TPSA) is 29.5 Å². The summed E-state index contributed by atoms with van der Waals surface area (Å²) in [5.41, 5.74) is 0. The van der Waals surface area contributed by atoms with Crippen LogP contribution in [0.3, 0.4) is 0 Å². The Hall–Kier alpha value is -0.800. The zero-order valence-corrected chi connectivity index (χ0v) is 7.88. The first-order valence-electron chi connectivity index (χ1n) is 3.85. The fourth-order valence-electron chi connectivity index (χ4n) is 0.803. The molecule has 0 heterocycles. The van der Waals surface area contributed by atoms with E-state index < -0.39 is 11.9 Å². The van der Waals surface area contributed by atoms with Crippen LogP contribution < -0.4 is 4.74 Å². The van der Waals surface area contributed by atoms with Crippen LogP contribution in [0.5, 0.6) is 5.75 Å². The SMILES string of the molecule is C[C@@H](O)COc1ccc(F)cc1Cl. The van der Waals surface area contributed by atoms with Crippen molar-refractivity contribution in [3.05, 3.63) is 29.0 Å². The second-order valence-corrected chi connectivity index (χ2v) is 3.14. The minimum absolute atomic E-state index is 0.144. The van der Waals surface area contributed by atoms with Gasteiger partial charge in [-0.25, -0.2) is 4.39 Å². The lowest BCUT2D eigenvalue weighted by atomic mass is 10.3. The van der Waals surface area contributed by atoms with Crippen molar-refractivity contribution < 1.29 is 14.2 Å². The second-order valence-electron chi connectivity index (χ2n) is 2.73. The molecule has 1 rings (SSSR count). The van der Waals surface area contributed by atoms with Crippen LogP contribution in [0.1, 0.15) is 6.92 Å². The highest BCUT2D eigenvalue weighted by molar-refractivity contribution is 6.32. The number of benzene rings is 1. The Bertz CT molecular complexity index is 289. The Morgan fingerprint density at radius 3 is 2.85 bits per heavy atom. The highest BCUT2D eigenvalue weighted by Crippen LogP contribution is 2.24. The van der Waals surface area contributed by atoms with E-state index >= 15 is 0 Å². The molecule has 0 saturated carbocycles. The van der Waals surface area contributed by atoms with E-state index in [1.165, 1.54) is 18.2 Å². The predicted octanol–water partition coefficient (Wildman–Crippen LogP) is 2.24. The summed E-state index contributed by atoms with van der Waals surface area (Å²) in [7, 11) is 0. The highest BCUT2D eigenvalue weighted by Gasteiger charge is 2.04. The standard InChI is InChI=1S/C9H10ClFO2/c1-6(12)5-13-9-3-2-7(11)4-8(9)10/h2-4,6,12H,5H2,1H3/t6-/m1/s1. The van der Waals surface area contributed by atoms with Crippen molar-refractivity contribution >= 4 is 11.6 Å². The van der Waals surface area contributed by atoms with Crippen LogP contribution in [-0.4, -0.2) is 17.8 Å². The lowest BCUT2D eigenvalue weighted by molar-refractivity contribution is 0.123. The van der Waals surface area contributed by atoms with E-state index in [0.29, 0.717) is 5.75 Å². The molecular weight excluding hydrogens is 195 g/mol. The summed E-state index contributed by atoms with van der Waals surface area (Å²) in [6.07, 6.45) is -0.568. The van der Waals surface area contributed by atoms with Gasteiger partial charge in [-0.3, -0.25) is 0 Å². The van der Waals surface area contributed by atoms with E-state index in [1.54, 1.807) is 6.92 Å². The number of aliphatic hydroxyl groups excluding tert-OH is 1. The molecule has 0 aliphatic rings. The van der Waals surface area contributed by atoms with E-state index in [2.05, 4.69) is 0 Å². The van der Waals surface area contributed by atoms with E-state index in [9.17, 15) is 4.39 Å². The van der Waals surface area contributed by atoms with Crippen molar-refractivity contribution in [1.29, 1.82) is 0 Å². The maximum absolute atomic E-state index is 12.6. The number of hydrogen-bond acceptors (Lipinski definition) is 2. The van der Waals surface area contributed by atoms with Gasteiger partial charge in [-0.2, -0.15) is 0 Å². The number of hydrogen-bond donors (Lipinski definition) is 1. The molecule has 1 aromatic rings. The third-order valence-electron chi connectivity index (χ3n) is 1.37. The van der Waals surface area contributed by atoms with E-state index in [0.717, 1.165) is 0 Å². The predicted molar refractivity (Wildman–Crippen MR) is 48.6 cm³/mol. The smallest absolute Gasteiger partial charge is 0.138 e. The van der Waals surface area contributed by atoms with Gasteiger partial charge in [0, 0.05) is 0 Å². The van der Waals surface area contributed by atoms with Gasteiger partial charge in [0.2, 0.25) is 0 Å². The third kappa shape index (κ3) is 3.20. The van der Waals surface area contributed by atoms with Gasteiger partial charge in [0.15, 0.2) is 0 Å². The number of ether oxygens (including phenoxy) is 1. The maximum Gasteiger partial charge on any atom is 0.138 e. The highest BCUT2D eigenvalue weighted by atomic mass is 35.5. The minimum Gasteiger partial charge on any atom is -0.489 e. The number of halogens is 2. The van der Waals surface area contributed by atoms with Crippen LogP contribution in [0.4, 0.5) is 4.39 Å². The van der Waals surface area contributed by atoms with E-state index in [4.69, 9.17) is 21.4 Å². The quantitative estimate of drug-likeness (QED) is 0.818. The minimum atomic E-state index is -0.568. The zero-order chi connectivity index (χ0) is 9.84. The summed E-state index contributed by atoms with van der Waals surface area (Å²) >= 11 is 5.67. The second kappa shape index (κ2) is 4.44. The normalized spacial score (nSPS) is 12.6. The Balaban J connectivity index is 2.67. The molecule has 0 aliphatic heterocycles. The molecule has 1 aromatic carbocycles. The molecule has 1 N–H and O–H groups in total. The maximum atomic E-state index is 12.6. The summed E-state index contributed by atoms with van der Waals surface area (Å²) in [6.45, 7) is 1.74. The van der Waals surface area contributed by atoms with Gasteiger partial charge in [-0.05, 0) is 25.1 Å². The lowest BCUT2D eigenvalue weighted by Crippen LogP contribution is -2.12. The fourth-order valence-corrected chi connectivity index (χ4v) is 1.02. The molecular formula is C9H10ClFO2. The van der Waals surface area contributed by atoms with Crippen molar-refractivity contribution in [3.63, 3.8) is 0 Å². The molecule has 0 radical (unpaired) electrons. The zero-order valence-electron chi connectivity index (χ0n) is 7.13. The van der Waals surface area contributed by atoms with Gasteiger partial charge in [-0.15, -0.1) is 0 Å². The van der Waals surface area contributed by atoms with Crippen LogP contribution in [0.25, 0.3) is 0 Å². The van der Waals surface area contributed by atoms with Crippen LogP contribution in [0.15, 0.2) is 18.2 Å². The Kier molecular flexibility index (Phi) is 3.51. The summed E-state index contributed by atoms with van der Waals surface area (Å²) in [4.78, 5) is 0. The van der Waals surface area contributed by atoms with Gasteiger partial charge in [0.05, 0.1) is 11.1 Å². The van der Waals surface area contributed by atoms with Gasteiger partial charge < -0.3 is 9.84 Å². The first kappa shape index (κ1) is 10.3. The van der Waals surface area contributed by atoms with Crippen LogP contribution in [-0.2, 0) is 0 Å². The molecule has 0 bridgehead atoms. The first-order valence-corrected chi connectivity index (χ1v) is 4.23. The molecule has 13 heavy (non-hydrogen) atoms. The average molecular weight is 205 g/mol. The van der Waals surface area contributed by atoms with Crippen LogP contribution in [0, 0.1) is 5.82 Å². The third-order valence-corrected chi connectivity index (χ3v) is 1.67. The van der Waals surface area contributed by atoms with Gasteiger partial charge in [-0.1, -0.05) is 11.6 Å². The summed E-state index contributed by atoms with van der Waals surface area (Å²) < 4.78 is 17.7. The molecule has 72 valence electrons. The van der Waals surface area contributed by atoms with Crippen molar-refractivity contribution in [3.8, 4) is 5.75 Å². The molecule has 0 unspecified atom stereocenters. The largest absolute Gasteiger partial charge is 0.489 e. The van der Waals surface area contributed by atoms with E-state index in [1.807, 2.05) is 0 Å². The molecule has 0 saturated heterocycles.